The average molecular weight is 236 g/mol. The van der Waals surface area contributed by atoms with Gasteiger partial charge in [-0.25, -0.2) is 0 Å². The zero-order valence-corrected chi connectivity index (χ0v) is 11.0. The topological polar surface area (TPSA) is 42.7 Å². The van der Waals surface area contributed by atoms with Crippen LogP contribution in [0.4, 0.5) is 0 Å². The Morgan fingerprint density at radius 1 is 1.35 bits per heavy atom. The lowest BCUT2D eigenvalue weighted by atomic mass is 9.83. The summed E-state index contributed by atoms with van der Waals surface area (Å²) in [5.41, 5.74) is 0. The summed E-state index contributed by atoms with van der Waals surface area (Å²) in [5, 5.41) is 11.8. The molecule has 1 N–H and O–H groups in total. The summed E-state index contributed by atoms with van der Waals surface area (Å²) in [5.74, 6) is 1.91. The van der Waals surface area contributed by atoms with Gasteiger partial charge in [-0.05, 0) is 25.7 Å². The third-order valence-corrected chi connectivity index (χ3v) is 3.99. The minimum atomic E-state index is 0.677. The molecule has 1 heterocycles. The van der Waals surface area contributed by atoms with Crippen LogP contribution >= 0.6 is 0 Å². The van der Waals surface area contributed by atoms with Gasteiger partial charge >= 0.3 is 0 Å². The van der Waals surface area contributed by atoms with Gasteiger partial charge in [0.15, 0.2) is 0 Å². The van der Waals surface area contributed by atoms with Crippen molar-refractivity contribution < 1.29 is 0 Å². The molecular weight excluding hydrogens is 212 g/mol. The monoisotopic (exact) mass is 236 g/mol. The van der Waals surface area contributed by atoms with Crippen LogP contribution in [0.15, 0.2) is 6.33 Å². The van der Waals surface area contributed by atoms with Gasteiger partial charge in [-0.15, -0.1) is 10.2 Å². The first kappa shape index (κ1) is 12.6. The van der Waals surface area contributed by atoms with E-state index >= 15 is 0 Å². The van der Waals surface area contributed by atoms with E-state index in [9.17, 15) is 0 Å². The standard InChI is InChI=1S/C13H24N4/c1-3-11-7-5-6-8-12(11)14-9-13-16-15-10-17(13)4-2/h10-12,14H,3-9H2,1-2H3. The van der Waals surface area contributed by atoms with Crippen molar-refractivity contribution in [2.45, 2.75) is 65.1 Å². The third kappa shape index (κ3) is 3.06. The largest absolute Gasteiger partial charge is 0.317 e. The van der Waals surface area contributed by atoms with Gasteiger partial charge < -0.3 is 9.88 Å². The highest BCUT2D eigenvalue weighted by Crippen LogP contribution is 2.26. The smallest absolute Gasteiger partial charge is 0.146 e. The van der Waals surface area contributed by atoms with Crippen LogP contribution in [0, 0.1) is 5.92 Å². The van der Waals surface area contributed by atoms with E-state index in [1.807, 2.05) is 6.33 Å². The van der Waals surface area contributed by atoms with Crippen molar-refractivity contribution >= 4 is 0 Å². The van der Waals surface area contributed by atoms with Crippen molar-refractivity contribution in [2.75, 3.05) is 0 Å². The zero-order chi connectivity index (χ0) is 12.1. The van der Waals surface area contributed by atoms with Crippen molar-refractivity contribution in [3.63, 3.8) is 0 Å². The molecule has 2 rings (SSSR count). The van der Waals surface area contributed by atoms with E-state index in [1.54, 1.807) is 0 Å². The second-order valence-electron chi connectivity index (χ2n) is 4.97. The fraction of sp³-hybridized carbons (Fsp3) is 0.846. The Balaban J connectivity index is 1.88. The lowest BCUT2D eigenvalue weighted by Crippen LogP contribution is -2.38. The second-order valence-corrected chi connectivity index (χ2v) is 4.97. The fourth-order valence-electron chi connectivity index (χ4n) is 2.87. The highest BCUT2D eigenvalue weighted by Gasteiger charge is 2.23. The molecule has 0 spiro atoms. The summed E-state index contributed by atoms with van der Waals surface area (Å²) in [7, 11) is 0. The van der Waals surface area contributed by atoms with Crippen molar-refractivity contribution in [1.29, 1.82) is 0 Å². The molecule has 0 radical (unpaired) electrons. The van der Waals surface area contributed by atoms with Crippen LogP contribution in [0.5, 0.6) is 0 Å². The van der Waals surface area contributed by atoms with Gasteiger partial charge in [0.1, 0.15) is 12.2 Å². The van der Waals surface area contributed by atoms with Crippen LogP contribution in [0.2, 0.25) is 0 Å². The van der Waals surface area contributed by atoms with Gasteiger partial charge in [-0.3, -0.25) is 0 Å². The van der Waals surface area contributed by atoms with Crippen LogP contribution < -0.4 is 5.32 Å². The maximum atomic E-state index is 4.17. The first-order valence-electron chi connectivity index (χ1n) is 6.95. The predicted octanol–water partition coefficient (Wildman–Crippen LogP) is 2.36. The molecule has 0 bridgehead atoms. The Hall–Kier alpha value is -0.900. The summed E-state index contributed by atoms with van der Waals surface area (Å²) in [6.07, 6.45) is 8.58. The molecule has 4 heteroatoms. The van der Waals surface area contributed by atoms with Crippen LogP contribution in [-0.2, 0) is 13.1 Å². The van der Waals surface area contributed by atoms with Crippen LogP contribution in [0.25, 0.3) is 0 Å². The summed E-state index contributed by atoms with van der Waals surface area (Å²) in [4.78, 5) is 0. The number of aromatic nitrogens is 3. The first-order valence-corrected chi connectivity index (χ1v) is 6.95. The Labute approximate surface area is 104 Å². The number of hydrogen-bond donors (Lipinski definition) is 1. The molecule has 4 nitrogen and oxygen atoms in total. The van der Waals surface area contributed by atoms with Gasteiger partial charge in [-0.2, -0.15) is 0 Å². The van der Waals surface area contributed by atoms with Crippen molar-refractivity contribution in [2.24, 2.45) is 5.92 Å². The summed E-state index contributed by atoms with van der Waals surface area (Å²) in [6, 6.07) is 0.677. The van der Waals surface area contributed by atoms with E-state index in [-0.39, 0.29) is 0 Å². The molecular formula is C13H24N4. The minimum absolute atomic E-state index is 0.677. The molecule has 2 unspecified atom stereocenters. The van der Waals surface area contributed by atoms with E-state index < -0.39 is 0 Å². The van der Waals surface area contributed by atoms with E-state index in [2.05, 4.69) is 33.9 Å². The number of rotatable bonds is 5. The Morgan fingerprint density at radius 3 is 2.94 bits per heavy atom. The third-order valence-electron chi connectivity index (χ3n) is 3.99. The highest BCUT2D eigenvalue weighted by molar-refractivity contribution is 4.88. The van der Waals surface area contributed by atoms with E-state index in [4.69, 9.17) is 0 Å². The van der Waals surface area contributed by atoms with Gasteiger partial charge in [-0.1, -0.05) is 26.2 Å². The molecule has 1 aromatic heterocycles. The Bertz CT molecular complexity index is 334. The molecule has 0 aromatic carbocycles. The molecule has 1 saturated carbocycles. The molecule has 2 atom stereocenters. The minimum Gasteiger partial charge on any atom is -0.317 e. The molecule has 1 aliphatic carbocycles. The summed E-state index contributed by atoms with van der Waals surface area (Å²) >= 11 is 0. The lowest BCUT2D eigenvalue weighted by Gasteiger charge is -2.31. The quantitative estimate of drug-likeness (QED) is 0.853. The van der Waals surface area contributed by atoms with E-state index in [0.717, 1.165) is 24.8 Å². The number of nitrogens with one attached hydrogen (secondary N) is 1. The number of aryl methyl sites for hydroxylation is 1. The van der Waals surface area contributed by atoms with Crippen molar-refractivity contribution in [1.82, 2.24) is 20.1 Å². The second kappa shape index (κ2) is 6.15. The maximum Gasteiger partial charge on any atom is 0.146 e. The van der Waals surface area contributed by atoms with Crippen LogP contribution in [0.3, 0.4) is 0 Å². The normalized spacial score (nSPS) is 25.1. The maximum absolute atomic E-state index is 4.17. The molecule has 1 fully saturated rings. The number of hydrogen-bond acceptors (Lipinski definition) is 3. The van der Waals surface area contributed by atoms with Crippen LogP contribution in [0.1, 0.15) is 51.8 Å². The molecule has 1 aliphatic rings. The molecule has 1 aromatic rings. The average Bonchev–Trinajstić information content (AvgIpc) is 2.84. The molecule has 0 amide bonds. The molecule has 96 valence electrons. The van der Waals surface area contributed by atoms with Crippen molar-refractivity contribution in [3.05, 3.63) is 12.2 Å². The zero-order valence-electron chi connectivity index (χ0n) is 11.0. The van der Waals surface area contributed by atoms with Crippen LogP contribution in [-0.4, -0.2) is 20.8 Å². The molecule has 0 saturated heterocycles. The van der Waals surface area contributed by atoms with E-state index in [1.165, 1.54) is 32.1 Å². The molecule has 0 aliphatic heterocycles. The Kier molecular flexibility index (Phi) is 4.54. The van der Waals surface area contributed by atoms with Gasteiger partial charge in [0.25, 0.3) is 0 Å². The molecule has 17 heavy (non-hydrogen) atoms. The Morgan fingerprint density at radius 2 is 2.18 bits per heavy atom. The van der Waals surface area contributed by atoms with E-state index in [0.29, 0.717) is 6.04 Å². The van der Waals surface area contributed by atoms with Gasteiger partial charge in [0.05, 0.1) is 6.54 Å². The van der Waals surface area contributed by atoms with Gasteiger partial charge in [0, 0.05) is 12.6 Å². The van der Waals surface area contributed by atoms with Gasteiger partial charge in [0.2, 0.25) is 0 Å². The van der Waals surface area contributed by atoms with Crippen molar-refractivity contribution in [3.8, 4) is 0 Å². The predicted molar refractivity (Wildman–Crippen MR) is 68.6 cm³/mol. The SMILES string of the molecule is CCC1CCCCC1NCc1nncn1CC. The lowest BCUT2D eigenvalue weighted by molar-refractivity contribution is 0.252. The summed E-state index contributed by atoms with van der Waals surface area (Å²) < 4.78 is 2.11. The fourth-order valence-corrected chi connectivity index (χ4v) is 2.87. The summed E-state index contributed by atoms with van der Waals surface area (Å²) in [6.45, 7) is 6.24. The first-order chi connectivity index (χ1) is 8.35. The highest BCUT2D eigenvalue weighted by atomic mass is 15.3. The number of nitrogens with zero attached hydrogens (tertiary/aromatic N) is 3.